The van der Waals surface area contributed by atoms with Crippen LogP contribution >= 0.6 is 0 Å². The maximum Gasteiger partial charge on any atom is 0.270 e. The van der Waals surface area contributed by atoms with E-state index in [4.69, 9.17) is 0 Å². The highest BCUT2D eigenvalue weighted by molar-refractivity contribution is 6.39. The van der Waals surface area contributed by atoms with E-state index in [1.54, 1.807) is 15.9 Å². The third-order valence-electron chi connectivity index (χ3n) is 4.29. The highest BCUT2D eigenvalue weighted by Gasteiger charge is 2.27. The lowest BCUT2D eigenvalue weighted by molar-refractivity contribution is -0.124. The van der Waals surface area contributed by atoms with E-state index < -0.39 is 5.82 Å². The first-order valence-corrected chi connectivity index (χ1v) is 8.24. The van der Waals surface area contributed by atoms with Crippen LogP contribution in [0.2, 0.25) is 0 Å². The number of carbonyl (C=O) groups excluding carboxylic acids is 3. The third-order valence-corrected chi connectivity index (χ3v) is 4.29. The number of rotatable bonds is 2. The monoisotopic (exact) mass is 346 g/mol. The van der Waals surface area contributed by atoms with Crippen molar-refractivity contribution in [1.82, 2.24) is 15.2 Å². The predicted octanol–water partition coefficient (Wildman–Crippen LogP) is 0.766. The van der Waals surface area contributed by atoms with Crippen molar-refractivity contribution >= 4 is 23.4 Å². The molecule has 0 aromatic heterocycles. The molecule has 3 rings (SSSR count). The second-order valence-corrected chi connectivity index (χ2v) is 6.04. The van der Waals surface area contributed by atoms with E-state index in [0.717, 1.165) is 0 Å². The summed E-state index contributed by atoms with van der Waals surface area (Å²) in [5.41, 5.74) is 2.97. The maximum atomic E-state index is 13.3. The molecule has 2 aliphatic rings. The molecule has 2 heterocycles. The highest BCUT2D eigenvalue weighted by atomic mass is 19.1. The molecule has 1 N–H and O–H groups in total. The number of carbonyl (C=O) groups is 3. The van der Waals surface area contributed by atoms with E-state index in [1.165, 1.54) is 18.2 Å². The molecule has 2 aliphatic heterocycles. The molecule has 25 heavy (non-hydrogen) atoms. The Morgan fingerprint density at radius 2 is 1.76 bits per heavy atom. The number of amides is 3. The van der Waals surface area contributed by atoms with Gasteiger partial charge in [0.15, 0.2) is 0 Å². The van der Waals surface area contributed by atoms with E-state index in [0.29, 0.717) is 50.3 Å². The normalized spacial score (nSPS) is 18.3. The van der Waals surface area contributed by atoms with E-state index in [1.807, 2.05) is 0 Å². The molecule has 7 nitrogen and oxygen atoms in total. The number of benzene rings is 1. The van der Waals surface area contributed by atoms with Crippen LogP contribution in [0.1, 0.15) is 29.6 Å². The zero-order valence-corrected chi connectivity index (χ0v) is 13.7. The molecular weight excluding hydrogens is 327 g/mol. The van der Waals surface area contributed by atoms with Gasteiger partial charge in [0.2, 0.25) is 5.91 Å². The van der Waals surface area contributed by atoms with Gasteiger partial charge in [0, 0.05) is 44.6 Å². The second kappa shape index (κ2) is 7.42. The lowest BCUT2D eigenvalue weighted by atomic mass is 10.1. The minimum Gasteiger partial charge on any atom is -0.337 e. The second-order valence-electron chi connectivity index (χ2n) is 6.04. The summed E-state index contributed by atoms with van der Waals surface area (Å²) in [6.45, 7) is 1.77. The van der Waals surface area contributed by atoms with Gasteiger partial charge in [0.1, 0.15) is 11.5 Å². The number of nitrogens with zero attached hydrogens (tertiary/aromatic N) is 3. The van der Waals surface area contributed by atoms with Gasteiger partial charge in [-0.3, -0.25) is 14.4 Å². The number of hydrogen-bond acceptors (Lipinski definition) is 4. The summed E-state index contributed by atoms with van der Waals surface area (Å²) in [6, 6.07) is 5.60. The van der Waals surface area contributed by atoms with Crippen LogP contribution in [0.25, 0.3) is 0 Å². The Labute approximate surface area is 144 Å². The molecule has 132 valence electrons. The van der Waals surface area contributed by atoms with Crippen LogP contribution in [0.5, 0.6) is 0 Å². The smallest absolute Gasteiger partial charge is 0.270 e. The Hall–Kier alpha value is -2.77. The van der Waals surface area contributed by atoms with E-state index >= 15 is 0 Å². The lowest BCUT2D eigenvalue weighted by Crippen LogP contribution is -2.42. The molecule has 1 saturated heterocycles. The fraction of sp³-hybridized carbons (Fsp3) is 0.412. The van der Waals surface area contributed by atoms with Gasteiger partial charge in [0.25, 0.3) is 11.8 Å². The summed E-state index contributed by atoms with van der Waals surface area (Å²) < 4.78 is 13.3. The van der Waals surface area contributed by atoms with Crippen LogP contribution in [0, 0.1) is 5.82 Å². The molecular formula is C17H19FN4O3. The van der Waals surface area contributed by atoms with Gasteiger partial charge in [-0.05, 0) is 24.6 Å². The van der Waals surface area contributed by atoms with Crippen molar-refractivity contribution < 1.29 is 18.8 Å². The summed E-state index contributed by atoms with van der Waals surface area (Å²) in [6.07, 6.45) is 1.21. The van der Waals surface area contributed by atoms with E-state index in [9.17, 15) is 18.8 Å². The zero-order chi connectivity index (χ0) is 17.8. The van der Waals surface area contributed by atoms with E-state index in [2.05, 4.69) is 10.5 Å². The van der Waals surface area contributed by atoms with Gasteiger partial charge in [-0.25, -0.2) is 9.82 Å². The molecule has 0 spiro atoms. The lowest BCUT2D eigenvalue weighted by Gasteiger charge is -2.23. The van der Waals surface area contributed by atoms with E-state index in [-0.39, 0.29) is 24.1 Å². The zero-order valence-electron chi connectivity index (χ0n) is 13.7. The molecule has 8 heteroatoms. The average molecular weight is 346 g/mol. The Balaban J connectivity index is 1.63. The minimum absolute atomic E-state index is 0.195. The molecule has 1 aromatic carbocycles. The van der Waals surface area contributed by atoms with Crippen molar-refractivity contribution in [2.75, 3.05) is 26.2 Å². The molecule has 0 atom stereocenters. The summed E-state index contributed by atoms with van der Waals surface area (Å²) in [4.78, 5) is 39.4. The Morgan fingerprint density at radius 3 is 2.40 bits per heavy atom. The van der Waals surface area contributed by atoms with Crippen molar-refractivity contribution in [2.45, 2.75) is 19.3 Å². The first kappa shape index (κ1) is 17.1. The first-order valence-electron chi connectivity index (χ1n) is 8.24. The Morgan fingerprint density at radius 1 is 1.04 bits per heavy atom. The van der Waals surface area contributed by atoms with Crippen LogP contribution in [0.3, 0.4) is 0 Å². The fourth-order valence-electron chi connectivity index (χ4n) is 2.94. The van der Waals surface area contributed by atoms with Crippen LogP contribution in [-0.2, 0) is 9.59 Å². The van der Waals surface area contributed by atoms with Crippen LogP contribution < -0.4 is 5.43 Å². The van der Waals surface area contributed by atoms with Crippen LogP contribution in [0.15, 0.2) is 29.4 Å². The average Bonchev–Trinajstić information content (AvgIpc) is 2.87. The van der Waals surface area contributed by atoms with Crippen molar-refractivity contribution in [1.29, 1.82) is 0 Å². The molecule has 3 amide bonds. The van der Waals surface area contributed by atoms with Gasteiger partial charge in [-0.15, -0.1) is 0 Å². The fourth-order valence-corrected chi connectivity index (χ4v) is 2.94. The van der Waals surface area contributed by atoms with Crippen LogP contribution in [-0.4, -0.2) is 59.4 Å². The number of halogens is 1. The number of hydrazone groups is 1. The maximum absolute atomic E-state index is 13.3. The Bertz CT molecular complexity index is 734. The van der Waals surface area contributed by atoms with Gasteiger partial charge < -0.3 is 9.80 Å². The standard InChI is InChI=1S/C17H19FN4O3/c18-13-4-1-3-12(11-13)16(24)21-7-2-8-22(10-9-21)17(25)14-5-6-15(23)20-19-14/h1,3-4,11H,2,5-10H2,(H,20,23). The number of nitrogens with one attached hydrogen (secondary N) is 1. The highest BCUT2D eigenvalue weighted by Crippen LogP contribution is 2.12. The topological polar surface area (TPSA) is 82.1 Å². The molecule has 0 saturated carbocycles. The molecule has 1 fully saturated rings. The quantitative estimate of drug-likeness (QED) is 0.859. The van der Waals surface area contributed by atoms with Crippen LogP contribution in [0.4, 0.5) is 4.39 Å². The molecule has 0 aliphatic carbocycles. The van der Waals surface area contributed by atoms with Crippen molar-refractivity contribution in [3.63, 3.8) is 0 Å². The molecule has 0 radical (unpaired) electrons. The summed E-state index contributed by atoms with van der Waals surface area (Å²) in [5.74, 6) is -1.09. The van der Waals surface area contributed by atoms with Crippen molar-refractivity contribution in [3.05, 3.63) is 35.6 Å². The largest absolute Gasteiger partial charge is 0.337 e. The summed E-state index contributed by atoms with van der Waals surface area (Å²) in [5, 5.41) is 3.83. The van der Waals surface area contributed by atoms with Gasteiger partial charge in [-0.1, -0.05) is 6.07 Å². The molecule has 1 aromatic rings. The third kappa shape index (κ3) is 4.01. The predicted molar refractivity (Wildman–Crippen MR) is 88.3 cm³/mol. The number of hydrogen-bond donors (Lipinski definition) is 1. The summed E-state index contributed by atoms with van der Waals surface area (Å²) in [7, 11) is 0. The first-order chi connectivity index (χ1) is 12.0. The Kier molecular flexibility index (Phi) is 5.06. The van der Waals surface area contributed by atoms with Gasteiger partial charge in [-0.2, -0.15) is 5.10 Å². The minimum atomic E-state index is -0.449. The molecule has 0 unspecified atom stereocenters. The van der Waals surface area contributed by atoms with Crippen molar-refractivity contribution in [2.24, 2.45) is 5.10 Å². The van der Waals surface area contributed by atoms with Gasteiger partial charge >= 0.3 is 0 Å². The molecule has 0 bridgehead atoms. The van der Waals surface area contributed by atoms with Gasteiger partial charge in [0.05, 0.1) is 0 Å². The summed E-state index contributed by atoms with van der Waals surface area (Å²) >= 11 is 0. The SMILES string of the molecule is O=C1CCC(C(=O)N2CCCN(C(=O)c3cccc(F)c3)CC2)=NN1. The van der Waals surface area contributed by atoms with Crippen molar-refractivity contribution in [3.8, 4) is 0 Å².